The van der Waals surface area contributed by atoms with Gasteiger partial charge in [-0.2, -0.15) is 0 Å². The zero-order valence-corrected chi connectivity index (χ0v) is 7.93. The van der Waals surface area contributed by atoms with Crippen LogP contribution in [0.5, 0.6) is 0 Å². The third-order valence-corrected chi connectivity index (χ3v) is 2.03. The molecular weight excluding hydrogens is 134 g/mol. The topological polar surface area (TPSA) is 3.24 Å². The van der Waals surface area contributed by atoms with Crippen LogP contribution in [0, 0.1) is 0 Å². The summed E-state index contributed by atoms with van der Waals surface area (Å²) < 4.78 is 0. The zero-order valence-electron chi connectivity index (χ0n) is 7.93. The molecule has 11 heavy (non-hydrogen) atoms. The lowest BCUT2D eigenvalue weighted by molar-refractivity contribution is 0.272. The van der Waals surface area contributed by atoms with E-state index in [4.69, 9.17) is 0 Å². The van der Waals surface area contributed by atoms with Crippen LogP contribution in [0.2, 0.25) is 0 Å². The molecule has 0 spiro atoms. The van der Waals surface area contributed by atoms with Gasteiger partial charge in [-0.25, -0.2) is 0 Å². The maximum absolute atomic E-state index is 3.93. The lowest BCUT2D eigenvalue weighted by Gasteiger charge is -2.26. The number of rotatable bonds is 5. The third kappa shape index (κ3) is 3.38. The van der Waals surface area contributed by atoms with Gasteiger partial charge in [0.05, 0.1) is 0 Å². The number of likely N-dealkylation sites (N-methyl/N-ethyl adjacent to an activating group) is 1. The average Bonchev–Trinajstić information content (AvgIpc) is 1.98. The van der Waals surface area contributed by atoms with Crippen LogP contribution >= 0.6 is 0 Å². The molecule has 0 N–H and O–H groups in total. The second-order valence-corrected chi connectivity index (χ2v) is 2.90. The molecule has 0 heterocycles. The Balaban J connectivity index is 4.00. The van der Waals surface area contributed by atoms with Gasteiger partial charge in [0, 0.05) is 12.6 Å². The highest BCUT2D eigenvalue weighted by atomic mass is 15.1. The second-order valence-electron chi connectivity index (χ2n) is 2.90. The Hall–Kier alpha value is -0.560. The average molecular weight is 153 g/mol. The zero-order chi connectivity index (χ0) is 8.85. The Morgan fingerprint density at radius 2 is 2.18 bits per heavy atom. The highest BCUT2D eigenvalue weighted by Gasteiger charge is 2.09. The summed E-state index contributed by atoms with van der Waals surface area (Å²) in [5.41, 5.74) is 1.22. The molecule has 0 saturated heterocycles. The SMILES string of the molecule is C=CCN(CC)C(C)C(=C)C. The molecule has 1 heteroatoms. The molecule has 1 atom stereocenters. The van der Waals surface area contributed by atoms with Crippen molar-refractivity contribution in [2.45, 2.75) is 26.8 Å². The van der Waals surface area contributed by atoms with Crippen LogP contribution in [0.25, 0.3) is 0 Å². The van der Waals surface area contributed by atoms with Crippen LogP contribution in [0.4, 0.5) is 0 Å². The van der Waals surface area contributed by atoms with Crippen molar-refractivity contribution in [3.63, 3.8) is 0 Å². The molecule has 0 aromatic rings. The lowest BCUT2D eigenvalue weighted by Crippen LogP contribution is -2.33. The molecular formula is C10H19N. The van der Waals surface area contributed by atoms with Crippen LogP contribution in [0.15, 0.2) is 24.8 Å². The van der Waals surface area contributed by atoms with Crippen molar-refractivity contribution in [1.29, 1.82) is 0 Å². The van der Waals surface area contributed by atoms with Crippen LogP contribution < -0.4 is 0 Å². The lowest BCUT2D eigenvalue weighted by atomic mass is 10.1. The molecule has 0 saturated carbocycles. The van der Waals surface area contributed by atoms with Gasteiger partial charge in [0.1, 0.15) is 0 Å². The first kappa shape index (κ1) is 10.4. The molecule has 0 aliphatic heterocycles. The van der Waals surface area contributed by atoms with Gasteiger partial charge in [-0.15, -0.1) is 6.58 Å². The summed E-state index contributed by atoms with van der Waals surface area (Å²) in [6, 6.07) is 0.470. The molecule has 0 radical (unpaired) electrons. The van der Waals surface area contributed by atoms with E-state index in [0.29, 0.717) is 6.04 Å². The Bertz CT molecular complexity index is 138. The standard InChI is InChI=1S/C10H19N/c1-6-8-11(7-2)10(5)9(3)4/h6,10H,1,3,7-8H2,2,4-5H3. The van der Waals surface area contributed by atoms with E-state index >= 15 is 0 Å². The molecule has 0 bridgehead atoms. The van der Waals surface area contributed by atoms with Gasteiger partial charge in [0.15, 0.2) is 0 Å². The Labute approximate surface area is 70.4 Å². The molecule has 0 aromatic heterocycles. The molecule has 0 aromatic carbocycles. The fraction of sp³-hybridized carbons (Fsp3) is 0.600. The summed E-state index contributed by atoms with van der Waals surface area (Å²) in [5.74, 6) is 0. The summed E-state index contributed by atoms with van der Waals surface area (Å²) in [7, 11) is 0. The van der Waals surface area contributed by atoms with E-state index in [1.54, 1.807) is 0 Å². The number of hydrogen-bond donors (Lipinski definition) is 0. The summed E-state index contributed by atoms with van der Waals surface area (Å²) >= 11 is 0. The Kier molecular flexibility index (Phi) is 4.88. The van der Waals surface area contributed by atoms with Crippen molar-refractivity contribution in [2.24, 2.45) is 0 Å². The van der Waals surface area contributed by atoms with Crippen molar-refractivity contribution in [3.8, 4) is 0 Å². The predicted molar refractivity (Wildman–Crippen MR) is 51.7 cm³/mol. The van der Waals surface area contributed by atoms with Gasteiger partial charge in [-0.1, -0.05) is 25.2 Å². The molecule has 0 amide bonds. The van der Waals surface area contributed by atoms with Gasteiger partial charge >= 0.3 is 0 Å². The predicted octanol–water partition coefficient (Wildman–Crippen LogP) is 2.46. The summed E-state index contributed by atoms with van der Waals surface area (Å²) in [4.78, 5) is 2.33. The van der Waals surface area contributed by atoms with E-state index in [1.165, 1.54) is 5.57 Å². The first-order valence-corrected chi connectivity index (χ1v) is 4.13. The first-order valence-electron chi connectivity index (χ1n) is 4.13. The van der Waals surface area contributed by atoms with Crippen molar-refractivity contribution in [2.75, 3.05) is 13.1 Å². The Morgan fingerprint density at radius 1 is 1.64 bits per heavy atom. The molecule has 1 nitrogen and oxygen atoms in total. The van der Waals surface area contributed by atoms with E-state index in [9.17, 15) is 0 Å². The number of nitrogens with zero attached hydrogens (tertiary/aromatic N) is 1. The highest BCUT2D eigenvalue weighted by molar-refractivity contribution is 5.00. The molecule has 64 valence electrons. The van der Waals surface area contributed by atoms with Crippen molar-refractivity contribution in [3.05, 3.63) is 24.8 Å². The Morgan fingerprint density at radius 3 is 2.45 bits per heavy atom. The van der Waals surface area contributed by atoms with Gasteiger partial charge in [0.25, 0.3) is 0 Å². The van der Waals surface area contributed by atoms with Gasteiger partial charge in [-0.3, -0.25) is 4.90 Å². The maximum Gasteiger partial charge on any atom is 0.0277 e. The largest absolute Gasteiger partial charge is 0.294 e. The van der Waals surface area contributed by atoms with Gasteiger partial charge in [0.2, 0.25) is 0 Å². The first-order chi connectivity index (χ1) is 5.13. The van der Waals surface area contributed by atoms with Crippen LogP contribution in [0.1, 0.15) is 20.8 Å². The van der Waals surface area contributed by atoms with Crippen molar-refractivity contribution < 1.29 is 0 Å². The fourth-order valence-electron chi connectivity index (χ4n) is 1.04. The minimum atomic E-state index is 0.470. The van der Waals surface area contributed by atoms with E-state index < -0.39 is 0 Å². The summed E-state index contributed by atoms with van der Waals surface area (Å²) in [5, 5.41) is 0. The van der Waals surface area contributed by atoms with Crippen LogP contribution in [-0.2, 0) is 0 Å². The summed E-state index contributed by atoms with van der Waals surface area (Å²) in [6.07, 6.45) is 1.93. The van der Waals surface area contributed by atoms with E-state index in [-0.39, 0.29) is 0 Å². The maximum atomic E-state index is 3.93. The second kappa shape index (κ2) is 5.14. The fourth-order valence-corrected chi connectivity index (χ4v) is 1.04. The highest BCUT2D eigenvalue weighted by Crippen LogP contribution is 2.06. The van der Waals surface area contributed by atoms with Crippen LogP contribution in [0.3, 0.4) is 0 Å². The number of hydrogen-bond acceptors (Lipinski definition) is 1. The molecule has 0 aliphatic rings. The molecule has 1 unspecified atom stereocenters. The van der Waals surface area contributed by atoms with E-state index in [2.05, 4.69) is 38.8 Å². The van der Waals surface area contributed by atoms with E-state index in [1.807, 2.05) is 6.08 Å². The van der Waals surface area contributed by atoms with Gasteiger partial charge in [-0.05, 0) is 20.4 Å². The van der Waals surface area contributed by atoms with Crippen molar-refractivity contribution in [1.82, 2.24) is 4.90 Å². The van der Waals surface area contributed by atoms with Crippen molar-refractivity contribution >= 4 is 0 Å². The molecule has 0 fully saturated rings. The van der Waals surface area contributed by atoms with Crippen LogP contribution in [-0.4, -0.2) is 24.0 Å². The quantitative estimate of drug-likeness (QED) is 0.548. The monoisotopic (exact) mass is 153 g/mol. The smallest absolute Gasteiger partial charge is 0.0277 e. The third-order valence-electron chi connectivity index (χ3n) is 2.03. The molecule has 0 rings (SSSR count). The van der Waals surface area contributed by atoms with Gasteiger partial charge < -0.3 is 0 Å². The summed E-state index contributed by atoms with van der Waals surface area (Å²) in [6.45, 7) is 16.1. The minimum Gasteiger partial charge on any atom is -0.294 e. The molecule has 0 aliphatic carbocycles. The normalized spacial score (nSPS) is 13.1. The van der Waals surface area contributed by atoms with E-state index in [0.717, 1.165) is 13.1 Å². The minimum absolute atomic E-state index is 0.470.